The molecule has 1 fully saturated rings. The highest BCUT2D eigenvalue weighted by atomic mass is 79.9. The first-order valence-electron chi connectivity index (χ1n) is 5.41. The lowest BCUT2D eigenvalue weighted by atomic mass is 10.1. The molecule has 0 N–H and O–H groups in total. The SMILES string of the molecule is [N-]=[N+]=Nc1ccc(Br)cc1N1CCCCC1. The van der Waals surface area contributed by atoms with Crippen LogP contribution in [0.15, 0.2) is 27.8 Å². The molecule has 1 aromatic carbocycles. The van der Waals surface area contributed by atoms with Gasteiger partial charge in [0.1, 0.15) is 0 Å². The Morgan fingerprint density at radius 2 is 2.00 bits per heavy atom. The molecule has 0 radical (unpaired) electrons. The van der Waals surface area contributed by atoms with Gasteiger partial charge in [0.15, 0.2) is 0 Å². The van der Waals surface area contributed by atoms with E-state index in [0.29, 0.717) is 5.69 Å². The van der Waals surface area contributed by atoms with Crippen LogP contribution in [0.2, 0.25) is 0 Å². The molecule has 0 bridgehead atoms. The Kier molecular flexibility index (Phi) is 3.70. The molecule has 4 nitrogen and oxygen atoms in total. The van der Waals surface area contributed by atoms with Crippen molar-refractivity contribution in [2.45, 2.75) is 19.3 Å². The number of azide groups is 1. The Labute approximate surface area is 103 Å². The van der Waals surface area contributed by atoms with Crippen molar-refractivity contribution in [3.63, 3.8) is 0 Å². The number of piperidine rings is 1. The van der Waals surface area contributed by atoms with Gasteiger partial charge in [-0.3, -0.25) is 0 Å². The normalized spacial score (nSPS) is 15.7. The first-order chi connectivity index (χ1) is 7.81. The fourth-order valence-electron chi connectivity index (χ4n) is 2.02. The van der Waals surface area contributed by atoms with E-state index >= 15 is 0 Å². The van der Waals surface area contributed by atoms with E-state index in [2.05, 4.69) is 30.9 Å². The molecule has 1 aliphatic rings. The third kappa shape index (κ3) is 2.49. The molecule has 1 aliphatic heterocycles. The van der Waals surface area contributed by atoms with Crippen molar-refractivity contribution in [2.75, 3.05) is 18.0 Å². The molecule has 0 atom stereocenters. The van der Waals surface area contributed by atoms with Gasteiger partial charge in [-0.25, -0.2) is 0 Å². The van der Waals surface area contributed by atoms with E-state index in [1.54, 1.807) is 0 Å². The zero-order valence-electron chi connectivity index (χ0n) is 8.93. The van der Waals surface area contributed by atoms with Crippen LogP contribution >= 0.6 is 15.9 Å². The van der Waals surface area contributed by atoms with E-state index in [9.17, 15) is 0 Å². The topological polar surface area (TPSA) is 52.0 Å². The van der Waals surface area contributed by atoms with E-state index in [4.69, 9.17) is 5.53 Å². The fraction of sp³-hybridized carbons (Fsp3) is 0.455. The predicted octanol–water partition coefficient (Wildman–Crippen LogP) is 4.38. The Bertz CT molecular complexity index is 420. The van der Waals surface area contributed by atoms with Crippen molar-refractivity contribution >= 4 is 27.3 Å². The maximum absolute atomic E-state index is 8.54. The number of nitrogens with zero attached hydrogens (tertiary/aromatic N) is 4. The summed E-state index contributed by atoms with van der Waals surface area (Å²) in [6.45, 7) is 2.09. The molecule has 5 heteroatoms. The second kappa shape index (κ2) is 5.23. The van der Waals surface area contributed by atoms with Gasteiger partial charge >= 0.3 is 0 Å². The molecular formula is C11H13BrN4. The monoisotopic (exact) mass is 280 g/mol. The van der Waals surface area contributed by atoms with Crippen molar-refractivity contribution in [3.8, 4) is 0 Å². The average molecular weight is 281 g/mol. The van der Waals surface area contributed by atoms with Gasteiger partial charge in [-0.2, -0.15) is 0 Å². The van der Waals surface area contributed by atoms with Crippen molar-refractivity contribution in [1.82, 2.24) is 0 Å². The molecule has 0 unspecified atom stereocenters. The van der Waals surface area contributed by atoms with Crippen LogP contribution < -0.4 is 4.90 Å². The minimum absolute atomic E-state index is 0.715. The minimum Gasteiger partial charge on any atom is -0.371 e. The number of benzene rings is 1. The second-order valence-corrected chi connectivity index (χ2v) is 4.79. The predicted molar refractivity (Wildman–Crippen MR) is 69.0 cm³/mol. The van der Waals surface area contributed by atoms with E-state index in [1.165, 1.54) is 19.3 Å². The molecule has 0 aromatic heterocycles. The van der Waals surface area contributed by atoms with Gasteiger partial charge < -0.3 is 4.90 Å². The second-order valence-electron chi connectivity index (χ2n) is 3.87. The maximum atomic E-state index is 8.54. The van der Waals surface area contributed by atoms with Crippen LogP contribution in [0.1, 0.15) is 19.3 Å². The summed E-state index contributed by atoms with van der Waals surface area (Å²) >= 11 is 3.45. The lowest BCUT2D eigenvalue weighted by molar-refractivity contribution is 0.578. The summed E-state index contributed by atoms with van der Waals surface area (Å²) in [5, 5.41) is 3.74. The number of anilines is 1. The average Bonchev–Trinajstić information content (AvgIpc) is 2.33. The quantitative estimate of drug-likeness (QED) is 0.451. The van der Waals surface area contributed by atoms with Crippen molar-refractivity contribution in [1.29, 1.82) is 0 Å². The zero-order valence-corrected chi connectivity index (χ0v) is 10.5. The smallest absolute Gasteiger partial charge is 0.0609 e. The summed E-state index contributed by atoms with van der Waals surface area (Å²) in [5.41, 5.74) is 10.3. The third-order valence-electron chi connectivity index (χ3n) is 2.79. The van der Waals surface area contributed by atoms with Crippen molar-refractivity contribution < 1.29 is 0 Å². The number of halogens is 1. The molecule has 0 saturated carbocycles. The summed E-state index contributed by atoms with van der Waals surface area (Å²) in [6, 6.07) is 5.78. The first-order valence-corrected chi connectivity index (χ1v) is 6.20. The van der Waals surface area contributed by atoms with Crippen LogP contribution in [-0.4, -0.2) is 13.1 Å². The summed E-state index contributed by atoms with van der Waals surface area (Å²) in [7, 11) is 0. The number of hydrogen-bond donors (Lipinski definition) is 0. The van der Waals surface area contributed by atoms with E-state index < -0.39 is 0 Å². The third-order valence-corrected chi connectivity index (χ3v) is 3.28. The van der Waals surface area contributed by atoms with Crippen LogP contribution in [0, 0.1) is 0 Å². The van der Waals surface area contributed by atoms with Crippen LogP contribution in [0.3, 0.4) is 0 Å². The molecule has 0 amide bonds. The Hall–Kier alpha value is -1.19. The molecule has 16 heavy (non-hydrogen) atoms. The molecule has 0 spiro atoms. The van der Waals surface area contributed by atoms with Gasteiger partial charge in [-0.15, -0.1) is 0 Å². The van der Waals surface area contributed by atoms with E-state index in [0.717, 1.165) is 23.2 Å². The molecule has 84 valence electrons. The Morgan fingerprint density at radius 1 is 1.25 bits per heavy atom. The van der Waals surface area contributed by atoms with Gasteiger partial charge in [0.05, 0.1) is 5.69 Å². The lowest BCUT2D eigenvalue weighted by Crippen LogP contribution is -2.29. The molecule has 2 rings (SSSR count). The van der Waals surface area contributed by atoms with Crippen LogP contribution in [0.5, 0.6) is 0 Å². The highest BCUT2D eigenvalue weighted by Crippen LogP contribution is 2.33. The lowest BCUT2D eigenvalue weighted by Gasteiger charge is -2.30. The first kappa shape index (κ1) is 11.3. The summed E-state index contributed by atoms with van der Waals surface area (Å²) in [4.78, 5) is 5.16. The highest BCUT2D eigenvalue weighted by Gasteiger charge is 2.14. The maximum Gasteiger partial charge on any atom is 0.0609 e. The largest absolute Gasteiger partial charge is 0.371 e. The number of hydrogen-bond acceptors (Lipinski definition) is 2. The number of rotatable bonds is 2. The standard InChI is InChI=1S/C11H13BrN4/c12-9-4-5-10(14-15-13)11(8-9)16-6-2-1-3-7-16/h4-5,8H,1-3,6-7H2. The fourth-order valence-corrected chi connectivity index (χ4v) is 2.37. The Balaban J connectivity index is 2.35. The van der Waals surface area contributed by atoms with Gasteiger partial charge in [-0.05, 0) is 43.0 Å². The molecule has 1 heterocycles. The molecular weight excluding hydrogens is 268 g/mol. The van der Waals surface area contributed by atoms with Gasteiger partial charge in [0.2, 0.25) is 0 Å². The van der Waals surface area contributed by atoms with Gasteiger partial charge in [0.25, 0.3) is 0 Å². The summed E-state index contributed by atoms with van der Waals surface area (Å²) in [5.74, 6) is 0. The van der Waals surface area contributed by atoms with Gasteiger partial charge in [0, 0.05) is 28.2 Å². The van der Waals surface area contributed by atoms with Crippen molar-refractivity contribution in [3.05, 3.63) is 33.1 Å². The van der Waals surface area contributed by atoms with Gasteiger partial charge in [-0.1, -0.05) is 21.0 Å². The van der Waals surface area contributed by atoms with Crippen LogP contribution in [-0.2, 0) is 0 Å². The van der Waals surface area contributed by atoms with E-state index in [1.807, 2.05) is 18.2 Å². The zero-order chi connectivity index (χ0) is 11.4. The van der Waals surface area contributed by atoms with Crippen LogP contribution in [0.4, 0.5) is 11.4 Å². The minimum atomic E-state index is 0.715. The molecule has 0 aliphatic carbocycles. The highest BCUT2D eigenvalue weighted by molar-refractivity contribution is 9.10. The Morgan fingerprint density at radius 3 is 2.69 bits per heavy atom. The summed E-state index contributed by atoms with van der Waals surface area (Å²) < 4.78 is 1.02. The summed E-state index contributed by atoms with van der Waals surface area (Å²) in [6.07, 6.45) is 3.71. The molecule has 1 aromatic rings. The van der Waals surface area contributed by atoms with E-state index in [-0.39, 0.29) is 0 Å². The molecule has 1 saturated heterocycles. The van der Waals surface area contributed by atoms with Crippen molar-refractivity contribution in [2.24, 2.45) is 5.11 Å². The van der Waals surface area contributed by atoms with Crippen LogP contribution in [0.25, 0.3) is 10.4 Å².